The number of benzene rings is 1. The van der Waals surface area contributed by atoms with Crippen LogP contribution in [0.4, 0.5) is 8.78 Å². The Hall–Kier alpha value is -3.29. The molecule has 3 rings (SSSR count). The monoisotopic (exact) mass is 372 g/mol. The van der Waals surface area contributed by atoms with E-state index in [9.17, 15) is 13.6 Å². The summed E-state index contributed by atoms with van der Waals surface area (Å²) in [6.07, 6.45) is 1.50. The van der Waals surface area contributed by atoms with Crippen LogP contribution >= 0.6 is 0 Å². The van der Waals surface area contributed by atoms with Gasteiger partial charge in [0.05, 0.1) is 0 Å². The Balaban J connectivity index is 1.70. The number of carbonyl (C=O) groups is 1. The zero-order valence-electron chi connectivity index (χ0n) is 14.8. The van der Waals surface area contributed by atoms with Gasteiger partial charge in [-0.1, -0.05) is 19.9 Å². The van der Waals surface area contributed by atoms with Crippen LogP contribution in [0, 0.1) is 11.6 Å². The van der Waals surface area contributed by atoms with E-state index >= 15 is 0 Å². The van der Waals surface area contributed by atoms with E-state index in [0.29, 0.717) is 5.56 Å². The van der Waals surface area contributed by atoms with Crippen molar-refractivity contribution < 1.29 is 18.3 Å². The SMILES string of the molecule is CC(C)c1cc(C(=O)NCc2cccnc2Oc2ccc(F)c(F)c2)n[nH]1. The summed E-state index contributed by atoms with van der Waals surface area (Å²) in [6.45, 7) is 4.12. The highest BCUT2D eigenvalue weighted by molar-refractivity contribution is 5.92. The average molecular weight is 372 g/mol. The standard InChI is InChI=1S/C19H18F2N4O2/c1-11(2)16-9-17(25-24-16)18(26)23-10-12-4-3-7-22-19(12)27-13-5-6-14(20)15(21)8-13/h3-9,11H,10H2,1-2H3,(H,23,26)(H,24,25). The normalized spacial score (nSPS) is 10.9. The number of pyridine rings is 1. The minimum atomic E-state index is -1.02. The maximum Gasteiger partial charge on any atom is 0.272 e. The fourth-order valence-electron chi connectivity index (χ4n) is 2.32. The molecule has 2 N–H and O–H groups in total. The summed E-state index contributed by atoms with van der Waals surface area (Å²) in [4.78, 5) is 16.4. The van der Waals surface area contributed by atoms with Crippen LogP contribution in [0.25, 0.3) is 0 Å². The molecule has 0 atom stereocenters. The van der Waals surface area contributed by atoms with Gasteiger partial charge in [0.1, 0.15) is 11.4 Å². The third kappa shape index (κ3) is 4.46. The average Bonchev–Trinajstić information content (AvgIpc) is 3.14. The summed E-state index contributed by atoms with van der Waals surface area (Å²) in [6, 6.07) is 8.30. The number of hydrogen-bond donors (Lipinski definition) is 2. The molecule has 0 spiro atoms. The van der Waals surface area contributed by atoms with E-state index in [1.807, 2.05) is 13.8 Å². The molecule has 6 nitrogen and oxygen atoms in total. The van der Waals surface area contributed by atoms with Crippen molar-refractivity contribution in [3.8, 4) is 11.6 Å². The Kier molecular flexibility index (Phi) is 5.44. The van der Waals surface area contributed by atoms with Crippen LogP contribution < -0.4 is 10.1 Å². The number of ether oxygens (including phenoxy) is 1. The number of aromatic nitrogens is 3. The number of nitrogens with zero attached hydrogens (tertiary/aromatic N) is 2. The molecule has 1 amide bonds. The largest absolute Gasteiger partial charge is 0.439 e. The quantitative estimate of drug-likeness (QED) is 0.687. The molecule has 2 aromatic heterocycles. The van der Waals surface area contributed by atoms with Crippen LogP contribution in [-0.2, 0) is 6.54 Å². The molecule has 0 fully saturated rings. The van der Waals surface area contributed by atoms with Crippen molar-refractivity contribution >= 4 is 5.91 Å². The molecule has 3 aromatic rings. The number of aromatic amines is 1. The molecular weight excluding hydrogens is 354 g/mol. The summed E-state index contributed by atoms with van der Waals surface area (Å²) in [5, 5.41) is 9.56. The fourth-order valence-corrected chi connectivity index (χ4v) is 2.32. The first kappa shape index (κ1) is 18.5. The molecule has 0 aliphatic rings. The number of hydrogen-bond acceptors (Lipinski definition) is 4. The maximum atomic E-state index is 13.3. The fraction of sp³-hybridized carbons (Fsp3) is 0.211. The summed E-state index contributed by atoms with van der Waals surface area (Å²) < 4.78 is 31.9. The van der Waals surface area contributed by atoms with Crippen LogP contribution in [0.2, 0.25) is 0 Å². The summed E-state index contributed by atoms with van der Waals surface area (Å²) in [5.41, 5.74) is 1.73. The van der Waals surface area contributed by atoms with E-state index in [0.717, 1.165) is 17.8 Å². The second kappa shape index (κ2) is 7.94. The van der Waals surface area contributed by atoms with Crippen molar-refractivity contribution in [1.82, 2.24) is 20.5 Å². The van der Waals surface area contributed by atoms with Gasteiger partial charge < -0.3 is 10.1 Å². The van der Waals surface area contributed by atoms with Gasteiger partial charge in [0.2, 0.25) is 5.88 Å². The van der Waals surface area contributed by atoms with Crippen molar-refractivity contribution in [1.29, 1.82) is 0 Å². The topological polar surface area (TPSA) is 79.9 Å². The minimum absolute atomic E-state index is 0.106. The zero-order valence-corrected chi connectivity index (χ0v) is 14.8. The third-order valence-electron chi connectivity index (χ3n) is 3.85. The maximum absolute atomic E-state index is 13.3. The lowest BCUT2D eigenvalue weighted by atomic mass is 10.1. The molecule has 0 radical (unpaired) electrons. The molecule has 8 heteroatoms. The van der Waals surface area contributed by atoms with Gasteiger partial charge in [-0.2, -0.15) is 5.10 Å². The minimum Gasteiger partial charge on any atom is -0.439 e. The lowest BCUT2D eigenvalue weighted by molar-refractivity contribution is 0.0945. The van der Waals surface area contributed by atoms with Crippen LogP contribution in [0.1, 0.15) is 41.5 Å². The van der Waals surface area contributed by atoms with Gasteiger partial charge >= 0.3 is 0 Å². The zero-order chi connectivity index (χ0) is 19.4. The molecule has 1 aromatic carbocycles. The van der Waals surface area contributed by atoms with Gasteiger partial charge in [-0.05, 0) is 30.2 Å². The molecule has 0 aliphatic heterocycles. The van der Waals surface area contributed by atoms with Crippen LogP contribution in [-0.4, -0.2) is 21.1 Å². The van der Waals surface area contributed by atoms with E-state index in [1.54, 1.807) is 18.2 Å². The summed E-state index contributed by atoms with van der Waals surface area (Å²) in [5.74, 6) is -1.80. The Morgan fingerprint density at radius 2 is 2.04 bits per heavy atom. The van der Waals surface area contributed by atoms with Crippen LogP contribution in [0.15, 0.2) is 42.6 Å². The van der Waals surface area contributed by atoms with E-state index in [1.165, 1.54) is 12.3 Å². The Bertz CT molecular complexity index is 956. The lowest BCUT2D eigenvalue weighted by Crippen LogP contribution is -2.23. The van der Waals surface area contributed by atoms with Gasteiger partial charge in [-0.3, -0.25) is 9.89 Å². The van der Waals surface area contributed by atoms with Crippen molar-refractivity contribution in [3.05, 3.63) is 71.2 Å². The molecular formula is C19H18F2N4O2. The number of nitrogens with one attached hydrogen (secondary N) is 2. The summed E-state index contributed by atoms with van der Waals surface area (Å²) >= 11 is 0. The highest BCUT2D eigenvalue weighted by Crippen LogP contribution is 2.24. The first-order chi connectivity index (χ1) is 12.9. The molecule has 2 heterocycles. The number of halogens is 2. The van der Waals surface area contributed by atoms with Crippen LogP contribution in [0.3, 0.4) is 0 Å². The van der Waals surface area contributed by atoms with E-state index in [-0.39, 0.29) is 35.7 Å². The molecule has 0 aliphatic carbocycles. The number of rotatable bonds is 6. The highest BCUT2D eigenvalue weighted by Gasteiger charge is 2.14. The Morgan fingerprint density at radius 1 is 1.22 bits per heavy atom. The van der Waals surface area contributed by atoms with Gasteiger partial charge in [-0.25, -0.2) is 13.8 Å². The van der Waals surface area contributed by atoms with Gasteiger partial charge in [0.25, 0.3) is 5.91 Å². The second-order valence-electron chi connectivity index (χ2n) is 6.19. The first-order valence-electron chi connectivity index (χ1n) is 8.34. The second-order valence-corrected chi connectivity index (χ2v) is 6.19. The summed E-state index contributed by atoms with van der Waals surface area (Å²) in [7, 11) is 0. The molecule has 0 unspecified atom stereocenters. The number of H-pyrrole nitrogens is 1. The molecule has 0 saturated carbocycles. The lowest BCUT2D eigenvalue weighted by Gasteiger charge is -2.10. The predicted octanol–water partition coefficient (Wildman–Crippen LogP) is 3.93. The first-order valence-corrected chi connectivity index (χ1v) is 8.34. The Morgan fingerprint density at radius 3 is 2.74 bits per heavy atom. The van der Waals surface area contributed by atoms with Crippen molar-refractivity contribution in [2.24, 2.45) is 0 Å². The van der Waals surface area contributed by atoms with Crippen molar-refractivity contribution in [2.45, 2.75) is 26.3 Å². The number of carbonyl (C=O) groups excluding carboxylic acids is 1. The highest BCUT2D eigenvalue weighted by atomic mass is 19.2. The van der Waals surface area contributed by atoms with Crippen molar-refractivity contribution in [2.75, 3.05) is 0 Å². The molecule has 0 bridgehead atoms. The third-order valence-corrected chi connectivity index (χ3v) is 3.85. The van der Waals surface area contributed by atoms with E-state index < -0.39 is 11.6 Å². The smallest absolute Gasteiger partial charge is 0.272 e. The molecule has 140 valence electrons. The van der Waals surface area contributed by atoms with Crippen molar-refractivity contribution in [3.63, 3.8) is 0 Å². The Labute approximate surface area is 154 Å². The molecule has 0 saturated heterocycles. The van der Waals surface area contributed by atoms with Gasteiger partial charge in [-0.15, -0.1) is 0 Å². The van der Waals surface area contributed by atoms with E-state index in [2.05, 4.69) is 20.5 Å². The molecule has 27 heavy (non-hydrogen) atoms. The predicted molar refractivity (Wildman–Crippen MR) is 94.5 cm³/mol. The van der Waals surface area contributed by atoms with Crippen LogP contribution in [0.5, 0.6) is 11.6 Å². The van der Waals surface area contributed by atoms with Gasteiger partial charge in [0, 0.05) is 30.1 Å². The van der Waals surface area contributed by atoms with Gasteiger partial charge in [0.15, 0.2) is 11.6 Å². The van der Waals surface area contributed by atoms with E-state index in [4.69, 9.17) is 4.74 Å². The number of amides is 1.